The van der Waals surface area contributed by atoms with Crippen molar-refractivity contribution in [1.82, 2.24) is 4.90 Å². The molecule has 3 rings (SSSR count). The second kappa shape index (κ2) is 8.52. The molecule has 0 bridgehead atoms. The van der Waals surface area contributed by atoms with E-state index in [-0.39, 0.29) is 16.1 Å². The summed E-state index contributed by atoms with van der Waals surface area (Å²) >= 11 is 0. The number of halogens is 2. The summed E-state index contributed by atoms with van der Waals surface area (Å²) in [7, 11) is -2.14. The molecule has 1 N–H and O–H groups in total. The number of sulfonamides is 1. The van der Waals surface area contributed by atoms with Gasteiger partial charge in [0.2, 0.25) is 5.91 Å². The zero-order valence-corrected chi connectivity index (χ0v) is 16.4. The Morgan fingerprint density at radius 1 is 1.17 bits per heavy atom. The lowest BCUT2D eigenvalue weighted by atomic mass is 10.2. The van der Waals surface area contributed by atoms with Crippen LogP contribution in [0.1, 0.15) is 18.4 Å². The number of carbonyl (C=O) groups excluding carboxylic acids is 1. The van der Waals surface area contributed by atoms with Gasteiger partial charge < -0.3 is 10.2 Å². The molecule has 1 fully saturated rings. The summed E-state index contributed by atoms with van der Waals surface area (Å²) in [6.45, 7) is 0.749. The molecule has 1 aliphatic rings. The lowest BCUT2D eigenvalue weighted by Crippen LogP contribution is -2.20. The predicted molar refractivity (Wildman–Crippen MR) is 107 cm³/mol. The first-order valence-electron chi connectivity index (χ1n) is 8.84. The number of anilines is 1. The Hall–Kier alpha value is -3.07. The number of nitrogens with one attached hydrogen (secondary N) is 1. The third-order valence-electron chi connectivity index (χ3n) is 4.36. The van der Waals surface area contributed by atoms with Gasteiger partial charge in [-0.15, -0.1) is 4.40 Å². The van der Waals surface area contributed by atoms with Gasteiger partial charge in [0, 0.05) is 37.3 Å². The fourth-order valence-corrected chi connectivity index (χ4v) is 3.99. The van der Waals surface area contributed by atoms with Crippen LogP contribution in [-0.2, 0) is 14.8 Å². The van der Waals surface area contributed by atoms with Crippen LogP contribution in [0, 0.1) is 11.6 Å². The van der Waals surface area contributed by atoms with Crippen LogP contribution in [-0.4, -0.2) is 38.7 Å². The minimum Gasteiger partial charge on any atom is -0.362 e. The molecule has 0 unspecified atom stereocenters. The topological polar surface area (TPSA) is 78.8 Å². The largest absolute Gasteiger partial charge is 0.362 e. The van der Waals surface area contributed by atoms with Gasteiger partial charge in [-0.05, 0) is 42.8 Å². The third kappa shape index (κ3) is 5.05. The Kier molecular flexibility index (Phi) is 6.07. The van der Waals surface area contributed by atoms with E-state index in [1.807, 2.05) is 0 Å². The quantitative estimate of drug-likeness (QED) is 0.753. The van der Waals surface area contributed by atoms with Gasteiger partial charge in [-0.2, -0.15) is 8.42 Å². The number of hydrogen-bond acceptors (Lipinski definition) is 3. The smallest absolute Gasteiger partial charge is 0.284 e. The van der Waals surface area contributed by atoms with Crippen molar-refractivity contribution < 1.29 is 22.0 Å². The molecular formula is C20H19F2N3O3S. The first kappa shape index (κ1) is 20.7. The summed E-state index contributed by atoms with van der Waals surface area (Å²) in [4.78, 5) is 13.8. The lowest BCUT2D eigenvalue weighted by Gasteiger charge is -2.11. The fraction of sp³-hybridized carbons (Fsp3) is 0.200. The Balaban J connectivity index is 1.76. The predicted octanol–water partition coefficient (Wildman–Crippen LogP) is 3.43. The van der Waals surface area contributed by atoms with Gasteiger partial charge in [-0.1, -0.05) is 12.1 Å². The number of amides is 1. The minimum atomic E-state index is -3.92. The summed E-state index contributed by atoms with van der Waals surface area (Å²) in [5.74, 6) is -1.76. The molecule has 1 aliphatic heterocycles. The van der Waals surface area contributed by atoms with Crippen molar-refractivity contribution in [2.75, 3.05) is 18.9 Å². The van der Waals surface area contributed by atoms with E-state index >= 15 is 0 Å². The van der Waals surface area contributed by atoms with E-state index in [9.17, 15) is 22.0 Å². The molecule has 6 nitrogen and oxygen atoms in total. The maximum absolute atomic E-state index is 13.6. The van der Waals surface area contributed by atoms with E-state index in [2.05, 4.69) is 9.71 Å². The highest BCUT2D eigenvalue weighted by Gasteiger charge is 2.20. The Labute approximate surface area is 167 Å². The molecule has 0 saturated carbocycles. The molecule has 1 amide bonds. The van der Waals surface area contributed by atoms with Crippen LogP contribution in [0.25, 0.3) is 6.08 Å². The van der Waals surface area contributed by atoms with Gasteiger partial charge in [0.05, 0.1) is 4.90 Å². The molecule has 1 saturated heterocycles. The number of likely N-dealkylation sites (tertiary alicyclic amines) is 1. The van der Waals surface area contributed by atoms with Crippen LogP contribution in [0.5, 0.6) is 0 Å². The molecule has 9 heteroatoms. The number of rotatable bonds is 5. The number of nitrogens with zero attached hydrogens (tertiary/aromatic N) is 2. The summed E-state index contributed by atoms with van der Waals surface area (Å²) in [5.41, 5.74) is -0.120. The molecule has 2 aromatic carbocycles. The van der Waals surface area contributed by atoms with Crippen LogP contribution in [0.4, 0.5) is 14.5 Å². The maximum Gasteiger partial charge on any atom is 0.284 e. The summed E-state index contributed by atoms with van der Waals surface area (Å²) in [6.07, 6.45) is 3.42. The monoisotopic (exact) mass is 419 g/mol. The SMILES string of the molecule is CN1CCC/C1=N\S(=O)(=O)c1cccc(NC(=O)/C=C/c2c(F)cccc2F)c1. The third-order valence-corrected chi connectivity index (χ3v) is 5.66. The number of hydrogen-bond donors (Lipinski definition) is 1. The first-order valence-corrected chi connectivity index (χ1v) is 10.3. The van der Waals surface area contributed by atoms with Crippen molar-refractivity contribution in [1.29, 1.82) is 0 Å². The van der Waals surface area contributed by atoms with Gasteiger partial charge in [0.1, 0.15) is 17.5 Å². The normalized spacial score (nSPS) is 16.0. The molecule has 2 aromatic rings. The van der Waals surface area contributed by atoms with E-state index in [1.54, 1.807) is 11.9 Å². The molecule has 0 atom stereocenters. The molecular weight excluding hydrogens is 400 g/mol. The number of carbonyl (C=O) groups is 1. The van der Waals surface area contributed by atoms with E-state index in [1.165, 1.54) is 30.3 Å². The highest BCUT2D eigenvalue weighted by atomic mass is 32.2. The van der Waals surface area contributed by atoms with Crippen molar-refractivity contribution in [2.24, 2.45) is 4.40 Å². The van der Waals surface area contributed by atoms with Crippen LogP contribution < -0.4 is 5.32 Å². The van der Waals surface area contributed by atoms with Crippen LogP contribution in [0.15, 0.2) is 57.8 Å². The van der Waals surface area contributed by atoms with E-state index in [0.29, 0.717) is 12.3 Å². The van der Waals surface area contributed by atoms with Crippen molar-refractivity contribution >= 4 is 33.5 Å². The zero-order chi connectivity index (χ0) is 21.0. The molecule has 0 spiro atoms. The van der Waals surface area contributed by atoms with Crippen LogP contribution in [0.3, 0.4) is 0 Å². The van der Waals surface area contributed by atoms with Crippen molar-refractivity contribution in [2.45, 2.75) is 17.7 Å². The summed E-state index contributed by atoms with van der Waals surface area (Å²) in [5, 5.41) is 2.47. The fourth-order valence-electron chi connectivity index (χ4n) is 2.85. The number of amidine groups is 1. The van der Waals surface area contributed by atoms with Gasteiger partial charge in [0.15, 0.2) is 0 Å². The minimum absolute atomic E-state index is 0.0628. The highest BCUT2D eigenvalue weighted by molar-refractivity contribution is 7.90. The average molecular weight is 419 g/mol. The molecule has 0 aliphatic carbocycles. The van der Waals surface area contributed by atoms with Crippen LogP contribution in [0.2, 0.25) is 0 Å². The zero-order valence-electron chi connectivity index (χ0n) is 15.6. The maximum atomic E-state index is 13.6. The van der Waals surface area contributed by atoms with Gasteiger partial charge in [-0.3, -0.25) is 4.79 Å². The average Bonchev–Trinajstić information content (AvgIpc) is 3.05. The first-order chi connectivity index (χ1) is 13.8. The molecule has 152 valence electrons. The summed E-state index contributed by atoms with van der Waals surface area (Å²) < 4.78 is 56.1. The van der Waals surface area contributed by atoms with Crippen LogP contribution >= 0.6 is 0 Å². The standard InChI is InChI=1S/C20H19F2N3O3S/c1-25-12-4-9-19(25)24-29(27,28)15-6-2-5-14(13-15)23-20(26)11-10-16-17(21)7-3-8-18(16)22/h2-3,5-8,10-11,13H,4,9,12H2,1H3,(H,23,26)/b11-10+,24-19+. The van der Waals surface area contributed by atoms with Crippen molar-refractivity contribution in [3.05, 3.63) is 65.7 Å². The molecule has 0 radical (unpaired) electrons. The Bertz CT molecular complexity index is 1080. The van der Waals surface area contributed by atoms with Crippen molar-refractivity contribution in [3.8, 4) is 0 Å². The second-order valence-corrected chi connectivity index (χ2v) is 8.10. The Morgan fingerprint density at radius 2 is 1.86 bits per heavy atom. The van der Waals surface area contributed by atoms with Crippen molar-refractivity contribution in [3.63, 3.8) is 0 Å². The number of benzene rings is 2. The Morgan fingerprint density at radius 3 is 2.52 bits per heavy atom. The summed E-state index contributed by atoms with van der Waals surface area (Å²) in [6, 6.07) is 9.03. The molecule has 1 heterocycles. The van der Waals surface area contributed by atoms with E-state index in [0.717, 1.165) is 37.3 Å². The molecule has 0 aromatic heterocycles. The van der Waals surface area contributed by atoms with E-state index in [4.69, 9.17) is 0 Å². The molecule has 29 heavy (non-hydrogen) atoms. The second-order valence-electron chi connectivity index (χ2n) is 6.49. The van der Waals surface area contributed by atoms with E-state index < -0.39 is 27.6 Å². The highest BCUT2D eigenvalue weighted by Crippen LogP contribution is 2.20. The van der Waals surface area contributed by atoms with Gasteiger partial charge in [-0.25, -0.2) is 8.78 Å². The lowest BCUT2D eigenvalue weighted by molar-refractivity contribution is -0.111. The van der Waals surface area contributed by atoms with Gasteiger partial charge in [0.25, 0.3) is 10.0 Å². The van der Waals surface area contributed by atoms with Gasteiger partial charge >= 0.3 is 0 Å².